The molecule has 6 nitrogen and oxygen atoms in total. The molecular formula is C32H35F3N2O4. The Labute approximate surface area is 238 Å². The predicted octanol–water partition coefficient (Wildman–Crippen LogP) is 8.06. The van der Waals surface area contributed by atoms with Crippen molar-refractivity contribution in [3.05, 3.63) is 82.5 Å². The fourth-order valence-corrected chi connectivity index (χ4v) is 5.24. The van der Waals surface area contributed by atoms with E-state index in [1.807, 2.05) is 31.2 Å². The van der Waals surface area contributed by atoms with Crippen LogP contribution < -0.4 is 9.64 Å². The standard InChI is InChI=1S/C32H35F3N2O4/c1-19(2)37(30(38)24-11-7-21(4)8-12-24)28-14-13-25(17-26(28)31(39)40)41-29-27(32(33,34)35)16-23(18-36-29)15-22-9-5-20(3)6-10-22/h5-6,9-10,13-14,16-19,21,24H,7-8,11-12,15H2,1-4H3,(H,39,40). The number of carbonyl (C=O) groups is 2. The molecule has 41 heavy (non-hydrogen) atoms. The summed E-state index contributed by atoms with van der Waals surface area (Å²) in [6, 6.07) is 12.1. The Kier molecular flexibility index (Phi) is 9.05. The van der Waals surface area contributed by atoms with Crippen LogP contribution >= 0.6 is 0 Å². The van der Waals surface area contributed by atoms with Crippen LogP contribution in [-0.4, -0.2) is 28.0 Å². The highest BCUT2D eigenvalue weighted by molar-refractivity contribution is 6.03. The fourth-order valence-electron chi connectivity index (χ4n) is 5.24. The molecule has 0 bridgehead atoms. The van der Waals surface area contributed by atoms with Crippen LogP contribution in [0.4, 0.5) is 18.9 Å². The number of alkyl halides is 3. The van der Waals surface area contributed by atoms with E-state index in [0.29, 0.717) is 11.5 Å². The molecule has 0 aliphatic heterocycles. The summed E-state index contributed by atoms with van der Waals surface area (Å²) in [5.41, 5.74) is 1.13. The Morgan fingerprint density at radius 1 is 1.02 bits per heavy atom. The normalized spacial score (nSPS) is 17.4. The number of carboxylic acids is 1. The van der Waals surface area contributed by atoms with E-state index in [0.717, 1.165) is 48.9 Å². The highest BCUT2D eigenvalue weighted by Crippen LogP contribution is 2.39. The average molecular weight is 569 g/mol. The van der Waals surface area contributed by atoms with E-state index in [1.54, 1.807) is 13.8 Å². The number of anilines is 1. The maximum Gasteiger partial charge on any atom is 0.421 e. The lowest BCUT2D eigenvalue weighted by atomic mass is 9.82. The lowest BCUT2D eigenvalue weighted by Gasteiger charge is -2.34. The molecule has 0 atom stereocenters. The van der Waals surface area contributed by atoms with Gasteiger partial charge in [-0.1, -0.05) is 36.8 Å². The second-order valence-corrected chi connectivity index (χ2v) is 11.2. The second-order valence-electron chi connectivity index (χ2n) is 11.2. The Balaban J connectivity index is 1.64. The minimum Gasteiger partial charge on any atom is -0.478 e. The number of pyridine rings is 1. The summed E-state index contributed by atoms with van der Waals surface area (Å²) >= 11 is 0. The Morgan fingerprint density at radius 2 is 1.68 bits per heavy atom. The zero-order valence-electron chi connectivity index (χ0n) is 23.7. The number of aryl methyl sites for hydroxylation is 1. The number of hydrogen-bond donors (Lipinski definition) is 1. The van der Waals surface area contributed by atoms with Crippen LogP contribution in [0.3, 0.4) is 0 Å². The quantitative estimate of drug-likeness (QED) is 0.297. The van der Waals surface area contributed by atoms with Crippen LogP contribution in [0, 0.1) is 18.8 Å². The minimum absolute atomic E-state index is 0.127. The van der Waals surface area contributed by atoms with Gasteiger partial charge >= 0.3 is 12.1 Å². The van der Waals surface area contributed by atoms with Gasteiger partial charge in [-0.05, 0) is 94.2 Å². The number of hydrogen-bond acceptors (Lipinski definition) is 4. The maximum atomic E-state index is 14.0. The lowest BCUT2D eigenvalue weighted by molar-refractivity contribution is -0.139. The first-order valence-electron chi connectivity index (χ1n) is 13.8. The molecule has 0 saturated heterocycles. The number of halogens is 3. The van der Waals surface area contributed by atoms with Crippen LogP contribution in [0.5, 0.6) is 11.6 Å². The molecule has 1 heterocycles. The summed E-state index contributed by atoms with van der Waals surface area (Å²) in [5, 5.41) is 10.0. The number of benzene rings is 2. The number of aromatic carboxylic acids is 1. The van der Waals surface area contributed by atoms with Crippen LogP contribution in [0.25, 0.3) is 0 Å². The number of amides is 1. The molecule has 0 spiro atoms. The van der Waals surface area contributed by atoms with E-state index >= 15 is 0 Å². The summed E-state index contributed by atoms with van der Waals surface area (Å²) in [6.45, 7) is 7.68. The fraction of sp³-hybridized carbons (Fsp3) is 0.406. The van der Waals surface area contributed by atoms with Crippen molar-refractivity contribution in [3.63, 3.8) is 0 Å². The van der Waals surface area contributed by atoms with Crippen LogP contribution in [0.2, 0.25) is 0 Å². The third-order valence-corrected chi connectivity index (χ3v) is 7.53. The van der Waals surface area contributed by atoms with Crippen molar-refractivity contribution in [2.75, 3.05) is 4.90 Å². The largest absolute Gasteiger partial charge is 0.478 e. The Morgan fingerprint density at radius 3 is 2.27 bits per heavy atom. The van der Waals surface area contributed by atoms with E-state index < -0.39 is 23.6 Å². The number of rotatable bonds is 8. The third-order valence-electron chi connectivity index (χ3n) is 7.53. The van der Waals surface area contributed by atoms with Gasteiger partial charge in [-0.3, -0.25) is 4.79 Å². The molecule has 218 valence electrons. The average Bonchev–Trinajstić information content (AvgIpc) is 2.91. The molecule has 1 aliphatic rings. The molecule has 1 N–H and O–H groups in total. The van der Waals surface area contributed by atoms with Gasteiger partial charge in [0.25, 0.3) is 0 Å². The Bertz CT molecular complexity index is 1400. The molecule has 1 amide bonds. The van der Waals surface area contributed by atoms with Gasteiger partial charge in [-0.2, -0.15) is 13.2 Å². The monoisotopic (exact) mass is 568 g/mol. The SMILES string of the molecule is Cc1ccc(Cc2cnc(Oc3ccc(N(C(=O)C4CCC(C)CC4)C(C)C)c(C(=O)O)c3)c(C(F)(F)F)c2)cc1. The van der Waals surface area contributed by atoms with Crippen molar-refractivity contribution in [1.82, 2.24) is 4.98 Å². The molecule has 1 aromatic heterocycles. The van der Waals surface area contributed by atoms with Crippen molar-refractivity contribution in [2.24, 2.45) is 11.8 Å². The molecule has 1 fully saturated rings. The molecule has 1 saturated carbocycles. The van der Waals surface area contributed by atoms with Crippen molar-refractivity contribution >= 4 is 17.6 Å². The summed E-state index contributed by atoms with van der Waals surface area (Å²) in [7, 11) is 0. The van der Waals surface area contributed by atoms with Crippen molar-refractivity contribution < 1.29 is 32.6 Å². The lowest BCUT2D eigenvalue weighted by Crippen LogP contribution is -2.42. The maximum absolute atomic E-state index is 14.0. The first kappa shape index (κ1) is 30.1. The Hall–Kier alpha value is -3.88. The summed E-state index contributed by atoms with van der Waals surface area (Å²) in [4.78, 5) is 31.2. The van der Waals surface area contributed by atoms with Gasteiger partial charge in [0.05, 0.1) is 11.3 Å². The van der Waals surface area contributed by atoms with E-state index in [1.165, 1.54) is 23.2 Å². The number of aromatic nitrogens is 1. The van der Waals surface area contributed by atoms with E-state index in [9.17, 15) is 27.9 Å². The number of carbonyl (C=O) groups excluding carboxylic acids is 1. The first-order chi connectivity index (χ1) is 19.3. The van der Waals surface area contributed by atoms with E-state index in [4.69, 9.17) is 4.74 Å². The van der Waals surface area contributed by atoms with Crippen LogP contribution in [-0.2, 0) is 17.4 Å². The summed E-state index contributed by atoms with van der Waals surface area (Å²) in [5.74, 6) is -1.93. The van der Waals surface area contributed by atoms with E-state index in [-0.39, 0.29) is 41.3 Å². The molecular weight excluding hydrogens is 533 g/mol. The van der Waals surface area contributed by atoms with Gasteiger partial charge < -0.3 is 14.7 Å². The topological polar surface area (TPSA) is 79.7 Å². The van der Waals surface area contributed by atoms with Crippen molar-refractivity contribution in [2.45, 2.75) is 72.0 Å². The zero-order chi connectivity index (χ0) is 29.9. The predicted molar refractivity (Wildman–Crippen MR) is 150 cm³/mol. The minimum atomic E-state index is -4.75. The second kappa shape index (κ2) is 12.3. The smallest absolute Gasteiger partial charge is 0.421 e. The van der Waals surface area contributed by atoms with Crippen molar-refractivity contribution in [1.29, 1.82) is 0 Å². The first-order valence-corrected chi connectivity index (χ1v) is 13.8. The molecule has 1 aliphatic carbocycles. The van der Waals surface area contributed by atoms with Gasteiger partial charge in [0, 0.05) is 18.2 Å². The number of carboxylic acid groups (broad SMARTS) is 1. The third kappa shape index (κ3) is 7.26. The van der Waals surface area contributed by atoms with Gasteiger partial charge in [0.1, 0.15) is 11.3 Å². The van der Waals surface area contributed by atoms with Crippen LogP contribution in [0.1, 0.15) is 79.1 Å². The molecule has 3 aromatic rings. The summed E-state index contributed by atoms with van der Waals surface area (Å²) < 4.78 is 47.6. The molecule has 9 heteroatoms. The van der Waals surface area contributed by atoms with E-state index in [2.05, 4.69) is 11.9 Å². The highest BCUT2D eigenvalue weighted by atomic mass is 19.4. The molecule has 0 radical (unpaired) electrons. The highest BCUT2D eigenvalue weighted by Gasteiger charge is 2.36. The number of ether oxygens (including phenoxy) is 1. The van der Waals surface area contributed by atoms with Crippen molar-refractivity contribution in [3.8, 4) is 11.6 Å². The molecule has 4 rings (SSSR count). The van der Waals surface area contributed by atoms with Gasteiger partial charge in [0.15, 0.2) is 0 Å². The summed E-state index contributed by atoms with van der Waals surface area (Å²) in [6.07, 6.45) is 0.157. The van der Waals surface area contributed by atoms with Gasteiger partial charge in [0.2, 0.25) is 11.8 Å². The zero-order valence-corrected chi connectivity index (χ0v) is 23.7. The van der Waals surface area contributed by atoms with Gasteiger partial charge in [-0.25, -0.2) is 9.78 Å². The molecule has 2 aromatic carbocycles. The number of nitrogens with zero attached hydrogens (tertiary/aromatic N) is 2. The van der Waals surface area contributed by atoms with Gasteiger partial charge in [-0.15, -0.1) is 0 Å². The molecule has 0 unspecified atom stereocenters. The van der Waals surface area contributed by atoms with Crippen LogP contribution in [0.15, 0.2) is 54.7 Å².